The molecule has 2 N–H and O–H groups in total. The number of halogens is 1. The smallest absolute Gasteiger partial charge is 0.230 e. The van der Waals surface area contributed by atoms with Gasteiger partial charge in [0.15, 0.2) is 0 Å². The second-order valence-corrected chi connectivity index (χ2v) is 4.99. The zero-order valence-corrected chi connectivity index (χ0v) is 12.0. The molecular formula is C16H15FN2O2. The lowest BCUT2D eigenvalue weighted by Gasteiger charge is -2.03. The summed E-state index contributed by atoms with van der Waals surface area (Å²) in [5, 5.41) is 4.07. The largest absolute Gasteiger partial charge is 0.466 e. The Morgan fingerprint density at radius 1 is 1.00 bits per heavy atom. The summed E-state index contributed by atoms with van der Waals surface area (Å²) in [6, 6.07) is 6.07. The zero-order chi connectivity index (χ0) is 15.1. The van der Waals surface area contributed by atoms with Gasteiger partial charge < -0.3 is 14.7 Å². The molecule has 0 aliphatic rings. The second-order valence-electron chi connectivity index (χ2n) is 4.99. The normalized spacial score (nSPS) is 11.0. The predicted molar refractivity (Wildman–Crippen MR) is 78.2 cm³/mol. The minimum atomic E-state index is -0.304. The van der Waals surface area contributed by atoms with Crippen LogP contribution in [0.5, 0.6) is 0 Å². The van der Waals surface area contributed by atoms with Gasteiger partial charge in [0.1, 0.15) is 23.0 Å². The molecule has 2 aromatic heterocycles. The number of benzene rings is 1. The van der Waals surface area contributed by atoms with Crippen LogP contribution in [0.25, 0.3) is 22.4 Å². The molecule has 0 radical (unpaired) electrons. The average molecular weight is 286 g/mol. The molecule has 0 bridgehead atoms. The molecule has 3 rings (SSSR count). The van der Waals surface area contributed by atoms with E-state index in [1.807, 2.05) is 20.8 Å². The van der Waals surface area contributed by atoms with Crippen molar-refractivity contribution in [2.45, 2.75) is 20.8 Å². The van der Waals surface area contributed by atoms with Crippen LogP contribution >= 0.6 is 0 Å². The van der Waals surface area contributed by atoms with E-state index in [0.717, 1.165) is 28.2 Å². The van der Waals surface area contributed by atoms with E-state index >= 15 is 0 Å². The molecule has 0 saturated carbocycles. The quantitative estimate of drug-likeness (QED) is 0.765. The highest BCUT2D eigenvalue weighted by Gasteiger charge is 2.23. The molecule has 21 heavy (non-hydrogen) atoms. The summed E-state index contributed by atoms with van der Waals surface area (Å²) in [6.45, 7) is 5.72. The standard InChI is InChI=1S/C16H15FN2O2/c1-8-9(2)20-10(3)13(8)15-14(16(18)21-19-15)11-4-6-12(17)7-5-11/h4-7H,18H2,1-3H3. The fourth-order valence-electron chi connectivity index (χ4n) is 2.51. The zero-order valence-electron chi connectivity index (χ0n) is 12.0. The van der Waals surface area contributed by atoms with Crippen LogP contribution in [0.1, 0.15) is 17.1 Å². The number of furan rings is 1. The van der Waals surface area contributed by atoms with Crippen molar-refractivity contribution in [3.63, 3.8) is 0 Å². The van der Waals surface area contributed by atoms with E-state index in [0.29, 0.717) is 11.3 Å². The van der Waals surface area contributed by atoms with Gasteiger partial charge in [-0.1, -0.05) is 17.3 Å². The maximum absolute atomic E-state index is 13.1. The molecule has 0 amide bonds. The number of nitrogens with two attached hydrogens (primary N) is 1. The summed E-state index contributed by atoms with van der Waals surface area (Å²) in [5.41, 5.74) is 9.78. The van der Waals surface area contributed by atoms with Crippen molar-refractivity contribution < 1.29 is 13.3 Å². The highest BCUT2D eigenvalue weighted by molar-refractivity contribution is 5.88. The van der Waals surface area contributed by atoms with Crippen molar-refractivity contribution in [3.8, 4) is 22.4 Å². The molecule has 108 valence electrons. The van der Waals surface area contributed by atoms with Crippen LogP contribution in [0.2, 0.25) is 0 Å². The third-order valence-corrected chi connectivity index (χ3v) is 3.65. The van der Waals surface area contributed by atoms with Crippen molar-refractivity contribution in [1.29, 1.82) is 0 Å². The Balaban J connectivity index is 2.24. The summed E-state index contributed by atoms with van der Waals surface area (Å²) in [4.78, 5) is 0. The van der Waals surface area contributed by atoms with Crippen molar-refractivity contribution in [2.75, 3.05) is 5.73 Å². The number of nitrogens with zero attached hydrogens (tertiary/aromatic N) is 1. The third kappa shape index (κ3) is 2.11. The summed E-state index contributed by atoms with van der Waals surface area (Å²) in [6.07, 6.45) is 0. The van der Waals surface area contributed by atoms with Crippen LogP contribution in [0.15, 0.2) is 33.2 Å². The summed E-state index contributed by atoms with van der Waals surface area (Å²) in [7, 11) is 0. The molecular weight excluding hydrogens is 271 g/mol. The fourth-order valence-corrected chi connectivity index (χ4v) is 2.51. The topological polar surface area (TPSA) is 65.2 Å². The van der Waals surface area contributed by atoms with Crippen molar-refractivity contribution in [2.24, 2.45) is 0 Å². The first-order chi connectivity index (χ1) is 9.99. The summed E-state index contributed by atoms with van der Waals surface area (Å²) >= 11 is 0. The van der Waals surface area contributed by atoms with Gasteiger partial charge in [0.25, 0.3) is 0 Å². The molecule has 0 saturated heterocycles. The van der Waals surface area contributed by atoms with E-state index in [1.165, 1.54) is 12.1 Å². The molecule has 0 spiro atoms. The Morgan fingerprint density at radius 3 is 2.24 bits per heavy atom. The monoisotopic (exact) mass is 286 g/mol. The van der Waals surface area contributed by atoms with Crippen LogP contribution < -0.4 is 5.73 Å². The minimum Gasteiger partial charge on any atom is -0.466 e. The van der Waals surface area contributed by atoms with E-state index in [-0.39, 0.29) is 11.7 Å². The molecule has 4 nitrogen and oxygen atoms in total. The number of hydrogen-bond acceptors (Lipinski definition) is 4. The Labute approximate surface area is 121 Å². The maximum atomic E-state index is 13.1. The molecule has 0 unspecified atom stereocenters. The molecule has 0 fully saturated rings. The first-order valence-corrected chi connectivity index (χ1v) is 6.57. The number of aryl methyl sites for hydroxylation is 2. The molecule has 5 heteroatoms. The minimum absolute atomic E-state index is 0.203. The Bertz CT molecular complexity index is 801. The van der Waals surface area contributed by atoms with Crippen LogP contribution in [0.3, 0.4) is 0 Å². The summed E-state index contributed by atoms with van der Waals surface area (Å²) < 4.78 is 23.9. The van der Waals surface area contributed by atoms with Crippen molar-refractivity contribution >= 4 is 5.88 Å². The first kappa shape index (κ1) is 13.4. The van der Waals surface area contributed by atoms with E-state index in [9.17, 15) is 4.39 Å². The van der Waals surface area contributed by atoms with E-state index in [2.05, 4.69) is 5.16 Å². The van der Waals surface area contributed by atoms with Gasteiger partial charge in [-0.15, -0.1) is 0 Å². The van der Waals surface area contributed by atoms with Gasteiger partial charge >= 0.3 is 0 Å². The van der Waals surface area contributed by atoms with Gasteiger partial charge in [-0.2, -0.15) is 0 Å². The number of hydrogen-bond donors (Lipinski definition) is 1. The fraction of sp³-hybridized carbons (Fsp3) is 0.188. The Kier molecular flexibility index (Phi) is 3.05. The van der Waals surface area contributed by atoms with E-state index in [1.54, 1.807) is 12.1 Å². The van der Waals surface area contributed by atoms with E-state index < -0.39 is 0 Å². The van der Waals surface area contributed by atoms with Gasteiger partial charge in [0.05, 0.1) is 5.56 Å². The molecule has 2 heterocycles. The van der Waals surface area contributed by atoms with Gasteiger partial charge in [0.2, 0.25) is 5.88 Å². The van der Waals surface area contributed by atoms with Gasteiger partial charge in [-0.3, -0.25) is 0 Å². The lowest BCUT2D eigenvalue weighted by molar-refractivity contribution is 0.439. The average Bonchev–Trinajstić information content (AvgIpc) is 2.92. The molecule has 3 aromatic rings. The highest BCUT2D eigenvalue weighted by atomic mass is 19.1. The van der Waals surface area contributed by atoms with Crippen molar-refractivity contribution in [1.82, 2.24) is 5.16 Å². The predicted octanol–water partition coefficient (Wildman–Crippen LogP) is 4.25. The van der Waals surface area contributed by atoms with Crippen LogP contribution in [-0.4, -0.2) is 5.16 Å². The Hall–Kier alpha value is -2.56. The number of rotatable bonds is 2. The Morgan fingerprint density at radius 2 is 1.67 bits per heavy atom. The van der Waals surface area contributed by atoms with Gasteiger partial charge in [0, 0.05) is 5.56 Å². The van der Waals surface area contributed by atoms with Crippen molar-refractivity contribution in [3.05, 3.63) is 47.2 Å². The molecule has 1 aromatic carbocycles. The maximum Gasteiger partial charge on any atom is 0.230 e. The lowest BCUT2D eigenvalue weighted by atomic mass is 9.98. The number of nitrogen functional groups attached to an aromatic ring is 1. The molecule has 0 aliphatic heterocycles. The second kappa shape index (κ2) is 4.77. The first-order valence-electron chi connectivity index (χ1n) is 6.57. The molecule has 0 atom stereocenters. The van der Waals surface area contributed by atoms with Crippen LogP contribution in [-0.2, 0) is 0 Å². The van der Waals surface area contributed by atoms with Crippen LogP contribution in [0.4, 0.5) is 10.3 Å². The van der Waals surface area contributed by atoms with Crippen LogP contribution in [0, 0.1) is 26.6 Å². The lowest BCUT2D eigenvalue weighted by Crippen LogP contribution is -1.89. The number of aromatic nitrogens is 1. The highest BCUT2D eigenvalue weighted by Crippen LogP contribution is 2.40. The molecule has 0 aliphatic carbocycles. The van der Waals surface area contributed by atoms with Gasteiger partial charge in [-0.05, 0) is 44.0 Å². The SMILES string of the molecule is Cc1oc(C)c(-c2noc(N)c2-c2ccc(F)cc2)c1C. The third-order valence-electron chi connectivity index (χ3n) is 3.65. The van der Waals surface area contributed by atoms with Gasteiger partial charge in [-0.25, -0.2) is 4.39 Å². The number of anilines is 1. The summed E-state index contributed by atoms with van der Waals surface area (Å²) in [5.74, 6) is 1.48. The van der Waals surface area contributed by atoms with E-state index in [4.69, 9.17) is 14.7 Å².